The lowest BCUT2D eigenvalue weighted by Gasteiger charge is -2.36. The van der Waals surface area contributed by atoms with Crippen molar-refractivity contribution in [1.29, 1.82) is 0 Å². The molecular weight excluding hydrogens is 224 g/mol. The van der Waals surface area contributed by atoms with Gasteiger partial charge < -0.3 is 4.43 Å². The largest absolute Gasteiger partial charge is 0.413 e. The second kappa shape index (κ2) is 5.19. The molecule has 0 unspecified atom stereocenters. The Bertz CT molecular complexity index is 388. The molecule has 0 fully saturated rings. The molecule has 0 saturated heterocycles. The normalized spacial score (nSPS) is 12.5. The molecular formula is C15H24OSi. The van der Waals surface area contributed by atoms with E-state index < -0.39 is 8.32 Å². The van der Waals surface area contributed by atoms with Crippen LogP contribution in [0.4, 0.5) is 0 Å². The van der Waals surface area contributed by atoms with Crippen LogP contribution in [0.25, 0.3) is 6.08 Å². The molecule has 0 atom stereocenters. The summed E-state index contributed by atoms with van der Waals surface area (Å²) in [6.07, 6.45) is 1.87. The van der Waals surface area contributed by atoms with Crippen molar-refractivity contribution in [2.45, 2.75) is 45.5 Å². The standard InChI is InChI=1S/C15H24OSi/c1-7-13-9-8-10-14(11-13)12-16-17(5,6)15(2,3)4/h7-11H,1,12H2,2-6H3. The summed E-state index contributed by atoms with van der Waals surface area (Å²) in [6.45, 7) is 15.8. The molecule has 0 saturated carbocycles. The van der Waals surface area contributed by atoms with Gasteiger partial charge in [-0.1, -0.05) is 51.6 Å². The van der Waals surface area contributed by atoms with Gasteiger partial charge in [0.15, 0.2) is 8.32 Å². The Labute approximate surface area is 107 Å². The Morgan fingerprint density at radius 1 is 1.29 bits per heavy atom. The minimum absolute atomic E-state index is 0.267. The molecule has 0 aromatic heterocycles. The molecule has 0 aliphatic rings. The van der Waals surface area contributed by atoms with Crippen molar-refractivity contribution >= 4 is 14.4 Å². The zero-order valence-electron chi connectivity index (χ0n) is 11.7. The third kappa shape index (κ3) is 3.82. The van der Waals surface area contributed by atoms with Crippen LogP contribution in [-0.2, 0) is 11.0 Å². The summed E-state index contributed by atoms with van der Waals surface area (Å²) in [5.41, 5.74) is 2.38. The van der Waals surface area contributed by atoms with Crippen LogP contribution >= 0.6 is 0 Å². The predicted molar refractivity (Wildman–Crippen MR) is 78.5 cm³/mol. The molecule has 1 aromatic carbocycles. The summed E-state index contributed by atoms with van der Waals surface area (Å²) in [7, 11) is -1.64. The summed E-state index contributed by atoms with van der Waals surface area (Å²) in [5.74, 6) is 0. The lowest BCUT2D eigenvalue weighted by molar-refractivity contribution is 0.276. The zero-order valence-corrected chi connectivity index (χ0v) is 12.7. The fraction of sp³-hybridized carbons (Fsp3) is 0.467. The van der Waals surface area contributed by atoms with Gasteiger partial charge in [-0.25, -0.2) is 0 Å². The summed E-state index contributed by atoms with van der Waals surface area (Å²) < 4.78 is 6.18. The van der Waals surface area contributed by atoms with Crippen molar-refractivity contribution in [3.63, 3.8) is 0 Å². The molecule has 1 nitrogen and oxygen atoms in total. The second-order valence-corrected chi connectivity index (χ2v) is 10.8. The van der Waals surface area contributed by atoms with E-state index in [0.29, 0.717) is 6.61 Å². The maximum atomic E-state index is 6.18. The monoisotopic (exact) mass is 248 g/mol. The van der Waals surface area contributed by atoms with E-state index in [1.165, 1.54) is 5.56 Å². The molecule has 1 rings (SSSR count). The van der Waals surface area contributed by atoms with Crippen molar-refractivity contribution in [3.8, 4) is 0 Å². The molecule has 94 valence electrons. The van der Waals surface area contributed by atoms with E-state index >= 15 is 0 Å². The molecule has 0 amide bonds. The lowest BCUT2D eigenvalue weighted by Crippen LogP contribution is -2.40. The van der Waals surface area contributed by atoms with Crippen LogP contribution in [-0.4, -0.2) is 8.32 Å². The average Bonchev–Trinajstić information content (AvgIpc) is 2.25. The van der Waals surface area contributed by atoms with Gasteiger partial charge in [0.05, 0.1) is 6.61 Å². The van der Waals surface area contributed by atoms with E-state index in [4.69, 9.17) is 4.43 Å². The third-order valence-corrected chi connectivity index (χ3v) is 8.07. The maximum Gasteiger partial charge on any atom is 0.192 e. The van der Waals surface area contributed by atoms with Gasteiger partial charge >= 0.3 is 0 Å². The van der Waals surface area contributed by atoms with E-state index in [2.05, 4.69) is 64.7 Å². The van der Waals surface area contributed by atoms with Gasteiger partial charge in [0.1, 0.15) is 0 Å². The van der Waals surface area contributed by atoms with Crippen molar-refractivity contribution in [2.75, 3.05) is 0 Å². The zero-order chi connectivity index (χ0) is 13.1. The van der Waals surface area contributed by atoms with Gasteiger partial charge in [-0.15, -0.1) is 0 Å². The van der Waals surface area contributed by atoms with Crippen LogP contribution < -0.4 is 0 Å². The minimum atomic E-state index is -1.64. The predicted octanol–water partition coefficient (Wildman–Crippen LogP) is 4.85. The van der Waals surface area contributed by atoms with Crippen LogP contribution in [0.2, 0.25) is 18.1 Å². The molecule has 0 aliphatic carbocycles. The first-order chi connectivity index (χ1) is 7.76. The molecule has 0 heterocycles. The highest BCUT2D eigenvalue weighted by Crippen LogP contribution is 2.37. The molecule has 17 heavy (non-hydrogen) atoms. The summed E-state index contributed by atoms with van der Waals surface area (Å²) in [6, 6.07) is 8.37. The average molecular weight is 248 g/mol. The van der Waals surface area contributed by atoms with Crippen molar-refractivity contribution in [3.05, 3.63) is 42.0 Å². The molecule has 0 radical (unpaired) electrons. The maximum absolute atomic E-state index is 6.18. The van der Waals surface area contributed by atoms with Gasteiger partial charge in [0, 0.05) is 0 Å². The number of hydrogen-bond donors (Lipinski definition) is 0. The minimum Gasteiger partial charge on any atom is -0.413 e. The smallest absolute Gasteiger partial charge is 0.192 e. The topological polar surface area (TPSA) is 9.23 Å². The van der Waals surface area contributed by atoms with Gasteiger partial charge in [-0.3, -0.25) is 0 Å². The van der Waals surface area contributed by atoms with Crippen LogP contribution in [0.1, 0.15) is 31.9 Å². The van der Waals surface area contributed by atoms with Gasteiger partial charge in [-0.05, 0) is 35.3 Å². The molecule has 1 aromatic rings. The summed E-state index contributed by atoms with van der Waals surface area (Å²) >= 11 is 0. The quantitative estimate of drug-likeness (QED) is 0.692. The fourth-order valence-electron chi connectivity index (χ4n) is 1.29. The SMILES string of the molecule is C=Cc1cccc(CO[Si](C)(C)C(C)(C)C)c1. The van der Waals surface area contributed by atoms with Crippen LogP contribution in [0, 0.1) is 0 Å². The van der Waals surface area contributed by atoms with E-state index in [0.717, 1.165) is 5.56 Å². The van der Waals surface area contributed by atoms with Crippen LogP contribution in [0.15, 0.2) is 30.8 Å². The Hall–Kier alpha value is -0.863. The number of rotatable bonds is 4. The Morgan fingerprint density at radius 3 is 2.47 bits per heavy atom. The first-order valence-corrected chi connectivity index (χ1v) is 9.02. The van der Waals surface area contributed by atoms with E-state index in [1.807, 2.05) is 6.08 Å². The molecule has 0 spiro atoms. The highest BCUT2D eigenvalue weighted by molar-refractivity contribution is 6.74. The number of benzene rings is 1. The fourth-order valence-corrected chi connectivity index (χ4v) is 2.25. The Balaban J connectivity index is 2.70. The third-order valence-electron chi connectivity index (χ3n) is 3.59. The summed E-state index contributed by atoms with van der Waals surface area (Å²) in [5, 5.41) is 0.267. The lowest BCUT2D eigenvalue weighted by atomic mass is 10.1. The molecule has 0 bridgehead atoms. The summed E-state index contributed by atoms with van der Waals surface area (Å²) in [4.78, 5) is 0. The van der Waals surface area contributed by atoms with Crippen molar-refractivity contribution in [1.82, 2.24) is 0 Å². The molecule has 2 heteroatoms. The first kappa shape index (κ1) is 14.2. The Morgan fingerprint density at radius 2 is 1.94 bits per heavy atom. The van der Waals surface area contributed by atoms with Gasteiger partial charge in [0.25, 0.3) is 0 Å². The first-order valence-electron chi connectivity index (χ1n) is 6.11. The second-order valence-electron chi connectivity index (χ2n) is 6.00. The van der Waals surface area contributed by atoms with Crippen LogP contribution in [0.5, 0.6) is 0 Å². The molecule has 0 aliphatic heterocycles. The Kier molecular flexibility index (Phi) is 4.34. The van der Waals surface area contributed by atoms with Gasteiger partial charge in [-0.2, -0.15) is 0 Å². The molecule has 0 N–H and O–H groups in total. The highest BCUT2D eigenvalue weighted by Gasteiger charge is 2.36. The highest BCUT2D eigenvalue weighted by atomic mass is 28.4. The van der Waals surface area contributed by atoms with Crippen LogP contribution in [0.3, 0.4) is 0 Å². The van der Waals surface area contributed by atoms with E-state index in [-0.39, 0.29) is 5.04 Å². The number of hydrogen-bond acceptors (Lipinski definition) is 1. The van der Waals surface area contributed by atoms with Crippen molar-refractivity contribution < 1.29 is 4.43 Å². The van der Waals surface area contributed by atoms with Gasteiger partial charge in [0.2, 0.25) is 0 Å². The van der Waals surface area contributed by atoms with E-state index in [1.54, 1.807) is 0 Å². The van der Waals surface area contributed by atoms with E-state index in [9.17, 15) is 0 Å². The van der Waals surface area contributed by atoms with Crippen molar-refractivity contribution in [2.24, 2.45) is 0 Å².